The van der Waals surface area contributed by atoms with Crippen LogP contribution in [0.4, 0.5) is 5.69 Å². The number of nitrogens with zero attached hydrogens (tertiary/aromatic N) is 1. The highest BCUT2D eigenvalue weighted by Gasteiger charge is 2.07. The lowest BCUT2D eigenvalue weighted by Gasteiger charge is -2.13. The maximum Gasteiger partial charge on any atom is 0.163 e. The topological polar surface area (TPSA) is 58.5 Å². The van der Waals surface area contributed by atoms with Crippen LogP contribution in [0.2, 0.25) is 0 Å². The molecule has 0 atom stereocenters. The van der Waals surface area contributed by atoms with E-state index in [2.05, 4.69) is 4.99 Å². The van der Waals surface area contributed by atoms with Crippen molar-refractivity contribution in [2.45, 2.75) is 6.92 Å². The summed E-state index contributed by atoms with van der Waals surface area (Å²) in [6, 6.07) is 5.61. The molecule has 0 spiro atoms. The highest BCUT2D eigenvalue weighted by atomic mass is 16.6. The first-order valence-corrected chi connectivity index (χ1v) is 7.51. The zero-order chi connectivity index (χ0) is 15.5. The van der Waals surface area contributed by atoms with Crippen molar-refractivity contribution in [2.75, 3.05) is 52.9 Å². The van der Waals surface area contributed by atoms with Crippen molar-refractivity contribution in [1.29, 1.82) is 0 Å². The fourth-order valence-corrected chi connectivity index (χ4v) is 1.92. The van der Waals surface area contributed by atoms with Gasteiger partial charge in [0.2, 0.25) is 0 Å². The van der Waals surface area contributed by atoms with Gasteiger partial charge in [-0.05, 0) is 19.1 Å². The summed E-state index contributed by atoms with van der Waals surface area (Å²) in [6.07, 6.45) is 1.74. The molecule has 0 unspecified atom stereocenters. The molecular weight excluding hydrogens is 286 g/mol. The zero-order valence-electron chi connectivity index (χ0n) is 13.0. The zero-order valence-corrected chi connectivity index (χ0v) is 13.0. The van der Waals surface area contributed by atoms with E-state index in [1.807, 2.05) is 25.1 Å². The van der Waals surface area contributed by atoms with Gasteiger partial charge in [0.15, 0.2) is 11.5 Å². The van der Waals surface area contributed by atoms with Gasteiger partial charge in [-0.25, -0.2) is 0 Å². The molecule has 122 valence electrons. The molecule has 2 rings (SSSR count). The average molecular weight is 309 g/mol. The standard InChI is InChI=1S/C16H23NO5/c1-2-17-14-3-4-15-16(13-14)22-12-10-20-8-6-18-5-7-19-9-11-21-15/h2-4,13H,5-12H2,1H3/b17-2+. The molecule has 0 bridgehead atoms. The minimum absolute atomic E-state index is 0.451. The molecular formula is C16H23NO5. The first-order chi connectivity index (χ1) is 10.9. The SMILES string of the molecule is C/C=N/c1ccc2c(c1)OCCOCCOCCOCCO2. The van der Waals surface area contributed by atoms with E-state index in [9.17, 15) is 0 Å². The maximum atomic E-state index is 5.75. The first kappa shape index (κ1) is 16.7. The number of aliphatic imine (C=N–C) groups is 1. The van der Waals surface area contributed by atoms with Gasteiger partial charge in [-0.15, -0.1) is 0 Å². The summed E-state index contributed by atoms with van der Waals surface area (Å²) in [5.74, 6) is 1.35. The molecule has 0 aromatic heterocycles. The second-order valence-corrected chi connectivity index (χ2v) is 4.55. The summed E-state index contributed by atoms with van der Waals surface area (Å²) < 4.78 is 27.7. The van der Waals surface area contributed by atoms with E-state index in [4.69, 9.17) is 23.7 Å². The third kappa shape index (κ3) is 6.01. The van der Waals surface area contributed by atoms with E-state index in [0.29, 0.717) is 64.4 Å². The molecule has 0 N–H and O–H groups in total. The Labute approximate surface area is 131 Å². The van der Waals surface area contributed by atoms with Gasteiger partial charge in [-0.3, -0.25) is 4.99 Å². The number of hydrogen-bond donors (Lipinski definition) is 0. The van der Waals surface area contributed by atoms with E-state index in [1.165, 1.54) is 0 Å². The molecule has 6 nitrogen and oxygen atoms in total. The molecule has 0 saturated carbocycles. The third-order valence-electron chi connectivity index (χ3n) is 2.92. The summed E-state index contributed by atoms with van der Waals surface area (Å²) in [6.45, 7) is 6.02. The Morgan fingerprint density at radius 1 is 0.773 bits per heavy atom. The van der Waals surface area contributed by atoms with E-state index in [1.54, 1.807) is 6.21 Å². The van der Waals surface area contributed by atoms with Gasteiger partial charge >= 0.3 is 0 Å². The summed E-state index contributed by atoms with van der Waals surface area (Å²) >= 11 is 0. The average Bonchev–Trinajstić information content (AvgIpc) is 2.54. The van der Waals surface area contributed by atoms with Gasteiger partial charge < -0.3 is 23.7 Å². The molecule has 1 aromatic rings. The van der Waals surface area contributed by atoms with Crippen LogP contribution in [-0.2, 0) is 14.2 Å². The molecule has 22 heavy (non-hydrogen) atoms. The van der Waals surface area contributed by atoms with Gasteiger partial charge in [-0.1, -0.05) is 0 Å². The van der Waals surface area contributed by atoms with Crippen molar-refractivity contribution < 1.29 is 23.7 Å². The van der Waals surface area contributed by atoms with Crippen molar-refractivity contribution in [3.05, 3.63) is 18.2 Å². The molecule has 0 amide bonds. The van der Waals surface area contributed by atoms with Crippen LogP contribution in [0.15, 0.2) is 23.2 Å². The monoisotopic (exact) mass is 309 g/mol. The minimum atomic E-state index is 0.451. The quantitative estimate of drug-likeness (QED) is 0.745. The van der Waals surface area contributed by atoms with Crippen LogP contribution in [0.1, 0.15) is 6.92 Å². The van der Waals surface area contributed by atoms with E-state index in [-0.39, 0.29) is 0 Å². The Hall–Kier alpha value is -1.63. The Kier molecular flexibility index (Phi) is 7.73. The number of fused-ring (bicyclic) bond motifs is 1. The number of ether oxygens (including phenoxy) is 5. The van der Waals surface area contributed by atoms with Crippen LogP contribution < -0.4 is 9.47 Å². The van der Waals surface area contributed by atoms with Crippen LogP contribution in [0.25, 0.3) is 0 Å². The van der Waals surface area contributed by atoms with Gasteiger partial charge in [0.25, 0.3) is 0 Å². The number of hydrogen-bond acceptors (Lipinski definition) is 6. The molecule has 0 fully saturated rings. The molecule has 1 aliphatic rings. The van der Waals surface area contributed by atoms with Crippen LogP contribution in [-0.4, -0.2) is 59.1 Å². The van der Waals surface area contributed by atoms with Gasteiger partial charge in [0.1, 0.15) is 13.2 Å². The molecule has 1 heterocycles. The Morgan fingerprint density at radius 3 is 1.91 bits per heavy atom. The first-order valence-electron chi connectivity index (χ1n) is 7.51. The van der Waals surface area contributed by atoms with Crippen molar-refractivity contribution in [2.24, 2.45) is 4.99 Å². The second kappa shape index (κ2) is 10.2. The molecule has 1 aromatic carbocycles. The van der Waals surface area contributed by atoms with E-state index >= 15 is 0 Å². The summed E-state index contributed by atoms with van der Waals surface area (Å²) in [7, 11) is 0. The molecule has 0 saturated heterocycles. The maximum absolute atomic E-state index is 5.75. The van der Waals surface area contributed by atoms with Crippen LogP contribution >= 0.6 is 0 Å². The van der Waals surface area contributed by atoms with Gasteiger partial charge in [0.05, 0.1) is 45.3 Å². The summed E-state index contributed by atoms with van der Waals surface area (Å²) in [5.41, 5.74) is 0.827. The lowest BCUT2D eigenvalue weighted by Crippen LogP contribution is -2.13. The van der Waals surface area contributed by atoms with E-state index in [0.717, 1.165) is 5.69 Å². The second-order valence-electron chi connectivity index (χ2n) is 4.55. The summed E-state index contributed by atoms with van der Waals surface area (Å²) in [4.78, 5) is 4.25. The third-order valence-corrected chi connectivity index (χ3v) is 2.92. The van der Waals surface area contributed by atoms with Gasteiger partial charge in [-0.2, -0.15) is 0 Å². The normalized spacial score (nSPS) is 18.6. The fourth-order valence-electron chi connectivity index (χ4n) is 1.92. The van der Waals surface area contributed by atoms with Crippen molar-refractivity contribution >= 4 is 11.9 Å². The van der Waals surface area contributed by atoms with Crippen LogP contribution in [0.3, 0.4) is 0 Å². The highest BCUT2D eigenvalue weighted by molar-refractivity contribution is 5.62. The number of rotatable bonds is 1. The largest absolute Gasteiger partial charge is 0.487 e. The molecule has 6 heteroatoms. The van der Waals surface area contributed by atoms with Crippen molar-refractivity contribution in [3.8, 4) is 11.5 Å². The van der Waals surface area contributed by atoms with Crippen LogP contribution in [0, 0.1) is 0 Å². The predicted octanol–water partition coefficient (Wildman–Crippen LogP) is 2.23. The lowest BCUT2D eigenvalue weighted by atomic mass is 10.3. The van der Waals surface area contributed by atoms with Crippen molar-refractivity contribution in [3.63, 3.8) is 0 Å². The molecule has 0 aliphatic carbocycles. The Morgan fingerprint density at radius 2 is 1.32 bits per heavy atom. The van der Waals surface area contributed by atoms with Gasteiger partial charge in [0, 0.05) is 12.3 Å². The minimum Gasteiger partial charge on any atom is -0.487 e. The van der Waals surface area contributed by atoms with Crippen molar-refractivity contribution in [1.82, 2.24) is 0 Å². The predicted molar refractivity (Wildman–Crippen MR) is 83.7 cm³/mol. The lowest BCUT2D eigenvalue weighted by molar-refractivity contribution is 0.00708. The number of benzene rings is 1. The molecule has 1 aliphatic heterocycles. The Bertz CT molecular complexity index is 464. The van der Waals surface area contributed by atoms with Crippen LogP contribution in [0.5, 0.6) is 11.5 Å². The highest BCUT2D eigenvalue weighted by Crippen LogP contribution is 2.31. The molecule has 0 radical (unpaired) electrons. The summed E-state index contributed by atoms with van der Waals surface area (Å²) in [5, 5.41) is 0. The van der Waals surface area contributed by atoms with E-state index < -0.39 is 0 Å². The fraction of sp³-hybridized carbons (Fsp3) is 0.562. The smallest absolute Gasteiger partial charge is 0.163 e. The Balaban J connectivity index is 2.00.